The number of hydrogen-bond acceptors (Lipinski definition) is 5. The van der Waals surface area contributed by atoms with E-state index in [-0.39, 0.29) is 11.7 Å². The second-order valence-electron chi connectivity index (χ2n) is 7.76. The van der Waals surface area contributed by atoms with E-state index in [1.807, 2.05) is 24.3 Å². The quantitative estimate of drug-likeness (QED) is 0.689. The lowest BCUT2D eigenvalue weighted by Crippen LogP contribution is -2.38. The van der Waals surface area contributed by atoms with Crippen LogP contribution >= 0.6 is 0 Å². The molecule has 1 heterocycles. The van der Waals surface area contributed by atoms with Crippen LogP contribution in [0.3, 0.4) is 0 Å². The number of ether oxygens (including phenoxy) is 2. The molecule has 2 aromatic rings. The zero-order chi connectivity index (χ0) is 21.5. The Hall–Kier alpha value is -2.80. The Kier molecular flexibility index (Phi) is 7.52. The molecule has 0 radical (unpaired) electrons. The Balaban J connectivity index is 1.78. The molecule has 2 N–H and O–H groups in total. The molecule has 2 aromatic carbocycles. The standard InChI is InChI=1S/C23H30FN3O3/c1-16(2)14-26-23(28)19-13-18(5-6-21(19)27-8-10-30-11-9-27)25-15-17-4-7-22(29-3)20(24)12-17/h4-7,12-13,16,25H,8-11,14-15H2,1-3H3,(H,26,28). The van der Waals surface area contributed by atoms with E-state index in [0.717, 1.165) is 30.0 Å². The summed E-state index contributed by atoms with van der Waals surface area (Å²) in [7, 11) is 1.44. The molecule has 1 saturated heterocycles. The summed E-state index contributed by atoms with van der Waals surface area (Å²) in [6, 6.07) is 10.6. The molecule has 0 unspecified atom stereocenters. The van der Waals surface area contributed by atoms with Gasteiger partial charge in [-0.3, -0.25) is 4.79 Å². The number of nitrogens with zero attached hydrogens (tertiary/aromatic N) is 1. The van der Waals surface area contributed by atoms with E-state index in [1.165, 1.54) is 13.2 Å². The van der Waals surface area contributed by atoms with Crippen LogP contribution in [0.4, 0.5) is 15.8 Å². The Morgan fingerprint density at radius 1 is 1.20 bits per heavy atom. The van der Waals surface area contributed by atoms with Gasteiger partial charge in [0.25, 0.3) is 5.91 Å². The minimum Gasteiger partial charge on any atom is -0.494 e. The van der Waals surface area contributed by atoms with E-state index in [0.29, 0.717) is 37.8 Å². The average molecular weight is 416 g/mol. The fourth-order valence-corrected chi connectivity index (χ4v) is 3.32. The Labute approximate surface area is 177 Å². The van der Waals surface area contributed by atoms with Crippen LogP contribution in [-0.2, 0) is 11.3 Å². The van der Waals surface area contributed by atoms with Crippen LogP contribution in [0.5, 0.6) is 5.75 Å². The number of anilines is 2. The third-order valence-corrected chi connectivity index (χ3v) is 4.98. The Morgan fingerprint density at radius 3 is 2.63 bits per heavy atom. The number of rotatable bonds is 8. The van der Waals surface area contributed by atoms with Crippen molar-refractivity contribution in [2.75, 3.05) is 50.2 Å². The van der Waals surface area contributed by atoms with Crippen LogP contribution in [0.2, 0.25) is 0 Å². The van der Waals surface area contributed by atoms with Crippen LogP contribution < -0.4 is 20.3 Å². The summed E-state index contributed by atoms with van der Waals surface area (Å²) in [5, 5.41) is 6.30. The van der Waals surface area contributed by atoms with E-state index < -0.39 is 5.82 Å². The van der Waals surface area contributed by atoms with Gasteiger partial charge < -0.3 is 25.0 Å². The molecule has 1 aliphatic rings. The van der Waals surface area contributed by atoms with E-state index >= 15 is 0 Å². The maximum absolute atomic E-state index is 13.9. The number of amides is 1. The second-order valence-corrected chi connectivity index (χ2v) is 7.76. The molecule has 1 fully saturated rings. The minimum atomic E-state index is -0.395. The van der Waals surface area contributed by atoms with Crippen LogP contribution in [0, 0.1) is 11.7 Å². The summed E-state index contributed by atoms with van der Waals surface area (Å²) in [4.78, 5) is 15.1. The van der Waals surface area contributed by atoms with Gasteiger partial charge >= 0.3 is 0 Å². The van der Waals surface area contributed by atoms with Crippen LogP contribution in [0.25, 0.3) is 0 Å². The molecular weight excluding hydrogens is 385 g/mol. The highest BCUT2D eigenvalue weighted by atomic mass is 19.1. The molecule has 0 atom stereocenters. The first-order valence-corrected chi connectivity index (χ1v) is 10.3. The number of methoxy groups -OCH3 is 1. The number of carbonyl (C=O) groups is 1. The molecule has 6 nitrogen and oxygen atoms in total. The van der Waals surface area contributed by atoms with Gasteiger partial charge in [0.2, 0.25) is 0 Å². The maximum Gasteiger partial charge on any atom is 0.253 e. The van der Waals surface area contributed by atoms with Crippen molar-refractivity contribution in [3.8, 4) is 5.75 Å². The van der Waals surface area contributed by atoms with Crippen molar-refractivity contribution in [2.24, 2.45) is 5.92 Å². The minimum absolute atomic E-state index is 0.0932. The normalized spacial score (nSPS) is 14.0. The van der Waals surface area contributed by atoms with Gasteiger partial charge in [0, 0.05) is 37.6 Å². The maximum atomic E-state index is 13.9. The summed E-state index contributed by atoms with van der Waals surface area (Å²) in [6.07, 6.45) is 0. The topological polar surface area (TPSA) is 62.8 Å². The lowest BCUT2D eigenvalue weighted by atomic mass is 10.1. The van der Waals surface area contributed by atoms with E-state index in [1.54, 1.807) is 6.07 Å². The Morgan fingerprint density at radius 2 is 1.97 bits per heavy atom. The van der Waals surface area contributed by atoms with Crippen molar-refractivity contribution >= 4 is 17.3 Å². The third kappa shape index (κ3) is 5.63. The highest BCUT2D eigenvalue weighted by Gasteiger charge is 2.19. The molecule has 3 rings (SSSR count). The lowest BCUT2D eigenvalue weighted by Gasteiger charge is -2.30. The van der Waals surface area contributed by atoms with E-state index in [4.69, 9.17) is 9.47 Å². The van der Waals surface area contributed by atoms with Gasteiger partial charge in [0.1, 0.15) is 0 Å². The first-order valence-electron chi connectivity index (χ1n) is 10.3. The second kappa shape index (κ2) is 10.3. The first kappa shape index (κ1) is 21.9. The number of carbonyl (C=O) groups excluding carboxylic acids is 1. The third-order valence-electron chi connectivity index (χ3n) is 4.98. The van der Waals surface area contributed by atoms with Gasteiger partial charge in [-0.1, -0.05) is 19.9 Å². The van der Waals surface area contributed by atoms with Gasteiger partial charge in [-0.15, -0.1) is 0 Å². The van der Waals surface area contributed by atoms with Crippen molar-refractivity contribution < 1.29 is 18.7 Å². The number of halogens is 1. The van der Waals surface area contributed by atoms with Gasteiger partial charge in [-0.05, 0) is 41.8 Å². The number of nitrogens with one attached hydrogen (secondary N) is 2. The molecular formula is C23H30FN3O3. The number of morpholine rings is 1. The number of benzene rings is 2. The van der Waals surface area contributed by atoms with E-state index in [2.05, 4.69) is 29.4 Å². The summed E-state index contributed by atoms with van der Waals surface area (Å²) >= 11 is 0. The predicted molar refractivity (Wildman–Crippen MR) is 117 cm³/mol. The van der Waals surface area contributed by atoms with Crippen molar-refractivity contribution in [2.45, 2.75) is 20.4 Å². The summed E-state index contributed by atoms with van der Waals surface area (Å²) < 4.78 is 24.3. The molecule has 30 heavy (non-hydrogen) atoms. The molecule has 162 valence electrons. The molecule has 0 aliphatic carbocycles. The van der Waals surface area contributed by atoms with Crippen LogP contribution in [-0.4, -0.2) is 45.9 Å². The average Bonchev–Trinajstić information content (AvgIpc) is 2.76. The number of hydrogen-bond donors (Lipinski definition) is 2. The zero-order valence-electron chi connectivity index (χ0n) is 17.8. The van der Waals surface area contributed by atoms with Crippen molar-refractivity contribution in [3.63, 3.8) is 0 Å². The fraction of sp³-hybridized carbons (Fsp3) is 0.435. The van der Waals surface area contributed by atoms with E-state index in [9.17, 15) is 9.18 Å². The lowest BCUT2D eigenvalue weighted by molar-refractivity contribution is 0.0947. The SMILES string of the molecule is COc1ccc(CNc2ccc(N3CCOCC3)c(C(=O)NCC(C)C)c2)cc1F. The smallest absolute Gasteiger partial charge is 0.253 e. The molecule has 0 saturated carbocycles. The van der Waals surface area contributed by atoms with Gasteiger partial charge in [-0.25, -0.2) is 4.39 Å². The molecule has 0 bridgehead atoms. The van der Waals surface area contributed by atoms with Gasteiger partial charge in [-0.2, -0.15) is 0 Å². The van der Waals surface area contributed by atoms with Crippen LogP contribution in [0.15, 0.2) is 36.4 Å². The zero-order valence-corrected chi connectivity index (χ0v) is 17.8. The largest absolute Gasteiger partial charge is 0.494 e. The van der Waals surface area contributed by atoms with Crippen molar-refractivity contribution in [1.82, 2.24) is 5.32 Å². The van der Waals surface area contributed by atoms with Crippen LogP contribution in [0.1, 0.15) is 29.8 Å². The van der Waals surface area contributed by atoms with Gasteiger partial charge in [0.15, 0.2) is 11.6 Å². The summed E-state index contributed by atoms with van der Waals surface area (Å²) in [5.74, 6) is 0.0994. The highest BCUT2D eigenvalue weighted by Crippen LogP contribution is 2.26. The Bertz CT molecular complexity index is 867. The molecule has 1 aliphatic heterocycles. The molecule has 0 aromatic heterocycles. The van der Waals surface area contributed by atoms with Crippen molar-refractivity contribution in [1.29, 1.82) is 0 Å². The highest BCUT2D eigenvalue weighted by molar-refractivity contribution is 6.00. The molecule has 1 amide bonds. The summed E-state index contributed by atoms with van der Waals surface area (Å²) in [5.41, 5.74) is 3.12. The fourth-order valence-electron chi connectivity index (χ4n) is 3.32. The first-order chi connectivity index (χ1) is 14.5. The summed E-state index contributed by atoms with van der Waals surface area (Å²) in [6.45, 7) is 7.98. The molecule has 0 spiro atoms. The van der Waals surface area contributed by atoms with Crippen molar-refractivity contribution in [3.05, 3.63) is 53.3 Å². The van der Waals surface area contributed by atoms with Gasteiger partial charge in [0.05, 0.1) is 25.9 Å². The predicted octanol–water partition coefficient (Wildman–Crippen LogP) is 3.67. The monoisotopic (exact) mass is 415 g/mol. The molecule has 7 heteroatoms.